The van der Waals surface area contributed by atoms with Crippen molar-refractivity contribution in [2.75, 3.05) is 5.33 Å². The molecule has 21 heavy (non-hydrogen) atoms. The smallest absolute Gasteiger partial charge is 0.173 e. The summed E-state index contributed by atoms with van der Waals surface area (Å²) in [7, 11) is 0. The van der Waals surface area contributed by atoms with Crippen molar-refractivity contribution in [2.45, 2.75) is 0 Å². The lowest BCUT2D eigenvalue weighted by molar-refractivity contribution is 0.102. The van der Waals surface area contributed by atoms with Crippen molar-refractivity contribution in [2.24, 2.45) is 0 Å². The molecule has 0 saturated carbocycles. The molecule has 1 aromatic heterocycles. The molecule has 0 aliphatic rings. The predicted molar refractivity (Wildman–Crippen MR) is 91.1 cm³/mol. The summed E-state index contributed by atoms with van der Waals surface area (Å²) in [6.07, 6.45) is 0. The molecular formula is C17H12BrNOS. The molecule has 0 fully saturated rings. The highest BCUT2D eigenvalue weighted by atomic mass is 79.9. The second-order valence-electron chi connectivity index (χ2n) is 4.54. The number of aromatic nitrogens is 1. The summed E-state index contributed by atoms with van der Waals surface area (Å²) in [6.45, 7) is 0. The normalized spacial score (nSPS) is 10.5. The van der Waals surface area contributed by atoms with Gasteiger partial charge in [0, 0.05) is 22.1 Å². The minimum Gasteiger partial charge on any atom is -0.293 e. The molecule has 0 amide bonds. The minimum absolute atomic E-state index is 0.0886. The maximum atomic E-state index is 11.6. The third-order valence-corrected chi connectivity index (χ3v) is 4.55. The van der Waals surface area contributed by atoms with Crippen LogP contribution >= 0.6 is 27.3 Å². The SMILES string of the molecule is O=C(CBr)c1ccc(-c2nc(-c3ccccc3)cs2)cc1. The maximum absolute atomic E-state index is 11.6. The van der Waals surface area contributed by atoms with Crippen molar-refractivity contribution in [3.63, 3.8) is 0 Å². The molecule has 3 aromatic rings. The number of hydrogen-bond acceptors (Lipinski definition) is 3. The van der Waals surface area contributed by atoms with Crippen molar-refractivity contribution < 1.29 is 4.79 Å². The molecule has 0 radical (unpaired) electrons. The predicted octanol–water partition coefficient (Wildman–Crippen LogP) is 5.05. The van der Waals surface area contributed by atoms with Crippen molar-refractivity contribution in [3.8, 4) is 21.8 Å². The number of nitrogens with zero attached hydrogens (tertiary/aromatic N) is 1. The summed E-state index contributed by atoms with van der Waals surface area (Å²) in [6, 6.07) is 17.7. The summed E-state index contributed by atoms with van der Waals surface area (Å²) >= 11 is 4.80. The number of carbonyl (C=O) groups is 1. The van der Waals surface area contributed by atoms with Gasteiger partial charge >= 0.3 is 0 Å². The molecule has 0 aliphatic carbocycles. The number of rotatable bonds is 4. The third kappa shape index (κ3) is 3.12. The van der Waals surface area contributed by atoms with E-state index in [0.29, 0.717) is 5.33 Å². The van der Waals surface area contributed by atoms with E-state index in [1.165, 1.54) is 0 Å². The number of hydrogen-bond donors (Lipinski definition) is 0. The molecule has 4 heteroatoms. The maximum Gasteiger partial charge on any atom is 0.173 e. The zero-order valence-corrected chi connectivity index (χ0v) is 13.5. The van der Waals surface area contributed by atoms with E-state index in [4.69, 9.17) is 0 Å². The van der Waals surface area contributed by atoms with Crippen LogP contribution in [0, 0.1) is 0 Å². The summed E-state index contributed by atoms with van der Waals surface area (Å²) in [4.78, 5) is 16.3. The molecule has 2 nitrogen and oxygen atoms in total. The Bertz CT molecular complexity index is 750. The largest absolute Gasteiger partial charge is 0.293 e. The number of halogens is 1. The Morgan fingerprint density at radius 3 is 2.38 bits per heavy atom. The minimum atomic E-state index is 0.0886. The fourth-order valence-corrected chi connectivity index (χ4v) is 3.18. The summed E-state index contributed by atoms with van der Waals surface area (Å²) < 4.78 is 0. The van der Waals surface area contributed by atoms with Gasteiger partial charge in [-0.15, -0.1) is 11.3 Å². The molecular weight excluding hydrogens is 346 g/mol. The highest BCUT2D eigenvalue weighted by Crippen LogP contribution is 2.28. The van der Waals surface area contributed by atoms with E-state index in [1.807, 2.05) is 42.5 Å². The lowest BCUT2D eigenvalue weighted by Gasteiger charge is -1.99. The highest BCUT2D eigenvalue weighted by Gasteiger charge is 2.08. The first-order valence-corrected chi connectivity index (χ1v) is 8.48. The van der Waals surface area contributed by atoms with E-state index in [1.54, 1.807) is 11.3 Å². The van der Waals surface area contributed by atoms with E-state index >= 15 is 0 Å². The van der Waals surface area contributed by atoms with Crippen LogP contribution in [0.1, 0.15) is 10.4 Å². The van der Waals surface area contributed by atoms with Crippen LogP contribution in [0.2, 0.25) is 0 Å². The number of ketones is 1. The van der Waals surface area contributed by atoms with Crippen molar-refractivity contribution >= 4 is 33.0 Å². The van der Waals surface area contributed by atoms with Crippen LogP contribution in [-0.2, 0) is 0 Å². The van der Waals surface area contributed by atoms with Crippen LogP contribution < -0.4 is 0 Å². The van der Waals surface area contributed by atoms with Gasteiger partial charge in [-0.25, -0.2) is 4.98 Å². The monoisotopic (exact) mass is 357 g/mol. The molecule has 0 bridgehead atoms. The Morgan fingerprint density at radius 2 is 1.71 bits per heavy atom. The third-order valence-electron chi connectivity index (χ3n) is 3.15. The van der Waals surface area contributed by atoms with Crippen molar-refractivity contribution in [1.29, 1.82) is 0 Å². The first-order chi connectivity index (χ1) is 10.3. The zero-order valence-electron chi connectivity index (χ0n) is 11.1. The molecule has 1 heterocycles. The zero-order chi connectivity index (χ0) is 14.7. The first-order valence-electron chi connectivity index (χ1n) is 6.48. The van der Waals surface area contributed by atoms with Gasteiger partial charge in [0.05, 0.1) is 11.0 Å². The van der Waals surface area contributed by atoms with Crippen molar-refractivity contribution in [1.82, 2.24) is 4.98 Å². The molecule has 0 saturated heterocycles. The molecule has 0 N–H and O–H groups in total. The van der Waals surface area contributed by atoms with E-state index < -0.39 is 0 Å². The second-order valence-corrected chi connectivity index (χ2v) is 5.96. The standard InChI is InChI=1S/C17H12BrNOS/c18-10-16(20)13-6-8-14(9-7-13)17-19-15(11-21-17)12-4-2-1-3-5-12/h1-9,11H,10H2. The average Bonchev–Trinajstić information content (AvgIpc) is 3.05. The fourth-order valence-electron chi connectivity index (χ4n) is 2.02. The van der Waals surface area contributed by atoms with Gasteiger partial charge in [-0.1, -0.05) is 70.5 Å². The van der Waals surface area contributed by atoms with Crippen LogP contribution in [0.5, 0.6) is 0 Å². The number of alkyl halides is 1. The number of Topliss-reactive ketones (excluding diaryl/α,β-unsaturated/α-hetero) is 1. The molecule has 0 aliphatic heterocycles. The van der Waals surface area contributed by atoms with Gasteiger partial charge in [-0.05, 0) is 0 Å². The molecule has 0 atom stereocenters. The Morgan fingerprint density at radius 1 is 1.00 bits per heavy atom. The molecule has 104 valence electrons. The lowest BCUT2D eigenvalue weighted by atomic mass is 10.1. The molecule has 0 spiro atoms. The Labute approximate surface area is 135 Å². The Kier molecular flexibility index (Phi) is 4.27. The summed E-state index contributed by atoms with van der Waals surface area (Å²) in [5.41, 5.74) is 3.85. The molecule has 3 rings (SSSR count). The van der Waals surface area contributed by atoms with Crippen LogP contribution in [0.4, 0.5) is 0 Å². The summed E-state index contributed by atoms with van der Waals surface area (Å²) in [5, 5.41) is 3.37. The Balaban J connectivity index is 1.88. The second kappa shape index (κ2) is 6.33. The first kappa shape index (κ1) is 14.2. The molecule has 2 aromatic carbocycles. The van der Waals surface area contributed by atoms with Gasteiger partial charge in [-0.3, -0.25) is 4.79 Å². The van der Waals surface area contributed by atoms with Crippen LogP contribution in [-0.4, -0.2) is 16.1 Å². The number of carbonyl (C=O) groups excluding carboxylic acids is 1. The van der Waals surface area contributed by atoms with Gasteiger partial charge in [-0.2, -0.15) is 0 Å². The van der Waals surface area contributed by atoms with E-state index in [9.17, 15) is 4.79 Å². The van der Waals surface area contributed by atoms with Gasteiger partial charge in [0.2, 0.25) is 0 Å². The number of benzene rings is 2. The van der Waals surface area contributed by atoms with Crippen LogP contribution in [0.3, 0.4) is 0 Å². The van der Waals surface area contributed by atoms with Crippen molar-refractivity contribution in [3.05, 3.63) is 65.5 Å². The topological polar surface area (TPSA) is 30.0 Å². The van der Waals surface area contributed by atoms with E-state index in [0.717, 1.165) is 27.4 Å². The number of thiazole rings is 1. The van der Waals surface area contributed by atoms with Gasteiger partial charge in [0.1, 0.15) is 5.01 Å². The molecule has 0 unspecified atom stereocenters. The Hall–Kier alpha value is -1.78. The van der Waals surface area contributed by atoms with E-state index in [-0.39, 0.29) is 5.78 Å². The van der Waals surface area contributed by atoms with Crippen LogP contribution in [0.25, 0.3) is 21.8 Å². The lowest BCUT2D eigenvalue weighted by Crippen LogP contribution is -1.98. The highest BCUT2D eigenvalue weighted by molar-refractivity contribution is 9.09. The van der Waals surface area contributed by atoms with Gasteiger partial charge in [0.25, 0.3) is 0 Å². The summed E-state index contributed by atoms with van der Waals surface area (Å²) in [5.74, 6) is 0.0886. The van der Waals surface area contributed by atoms with Gasteiger partial charge < -0.3 is 0 Å². The van der Waals surface area contributed by atoms with Crippen LogP contribution in [0.15, 0.2) is 60.0 Å². The average molecular weight is 358 g/mol. The van der Waals surface area contributed by atoms with E-state index in [2.05, 4.69) is 38.4 Å². The quantitative estimate of drug-likeness (QED) is 0.482. The fraction of sp³-hybridized carbons (Fsp3) is 0.0588. The van der Waals surface area contributed by atoms with Gasteiger partial charge in [0.15, 0.2) is 5.78 Å².